The van der Waals surface area contributed by atoms with E-state index in [-0.39, 0.29) is 30.4 Å². The van der Waals surface area contributed by atoms with Crippen LogP contribution in [0.15, 0.2) is 72.8 Å². The molecule has 9 heteroatoms. The highest BCUT2D eigenvalue weighted by atomic mass is 16.5. The average molecular weight is 592 g/mol. The number of rotatable bonds is 12. The Morgan fingerprint density at radius 2 is 1.73 bits per heavy atom. The Morgan fingerprint density at radius 1 is 0.932 bits per heavy atom. The minimum absolute atomic E-state index is 0.0631. The van der Waals surface area contributed by atoms with Gasteiger partial charge in [-0.1, -0.05) is 31.0 Å². The Labute approximate surface area is 256 Å². The number of nitrogens with zero attached hydrogens (tertiary/aromatic N) is 2. The molecule has 0 saturated heterocycles. The van der Waals surface area contributed by atoms with Crippen molar-refractivity contribution in [1.82, 2.24) is 9.88 Å². The molecular formula is C35H37N5O4. The quantitative estimate of drug-likeness (QED) is 0.182. The number of carbonyl (C=O) groups excluding carboxylic acids is 3. The molecule has 2 aliphatic rings. The SMILES string of the molecule is NCCCCCCc1ccc2cc(NC(=O)c3ccc(CN(C(=O)c4ccc5c(c4)OCC(=O)N5)C4CC4)cc3)ccc2n1. The number of aryl methyl sites for hydroxylation is 1. The third-order valence-electron chi connectivity index (χ3n) is 8.07. The van der Waals surface area contributed by atoms with Crippen LogP contribution in [0, 0.1) is 0 Å². The summed E-state index contributed by atoms with van der Waals surface area (Å²) in [5, 5.41) is 6.73. The lowest BCUT2D eigenvalue weighted by Crippen LogP contribution is -2.33. The maximum atomic E-state index is 13.5. The maximum Gasteiger partial charge on any atom is 0.262 e. The van der Waals surface area contributed by atoms with Crippen LogP contribution in [-0.4, -0.2) is 46.8 Å². The largest absolute Gasteiger partial charge is 0.482 e. The standard InChI is InChI=1S/C35H37N5O4/c36-18-4-2-1-3-5-27-12-10-25-19-28(13-17-30(25)37-27)38-34(42)24-8-6-23(7-9-24)21-40(29-14-15-29)35(43)26-11-16-31-32(20-26)44-22-33(41)39-31/h6-13,16-17,19-20,29H,1-5,14-15,18,21-22,36H2,(H,38,42)(H,39,41). The van der Waals surface area contributed by atoms with Gasteiger partial charge >= 0.3 is 0 Å². The van der Waals surface area contributed by atoms with Gasteiger partial charge in [0.05, 0.1) is 11.2 Å². The van der Waals surface area contributed by atoms with E-state index in [4.69, 9.17) is 15.5 Å². The Kier molecular flexibility index (Phi) is 8.84. The number of nitrogens with two attached hydrogens (primary N) is 1. The first-order valence-corrected chi connectivity index (χ1v) is 15.3. The van der Waals surface area contributed by atoms with Crippen LogP contribution < -0.4 is 21.1 Å². The van der Waals surface area contributed by atoms with E-state index in [1.807, 2.05) is 35.2 Å². The highest BCUT2D eigenvalue weighted by Gasteiger charge is 2.33. The van der Waals surface area contributed by atoms with Crippen molar-refractivity contribution in [3.63, 3.8) is 0 Å². The lowest BCUT2D eigenvalue weighted by molar-refractivity contribution is -0.118. The lowest BCUT2D eigenvalue weighted by Gasteiger charge is -2.24. The minimum Gasteiger partial charge on any atom is -0.482 e. The molecule has 1 saturated carbocycles. The Bertz CT molecular complexity index is 1680. The smallest absolute Gasteiger partial charge is 0.262 e. The highest BCUT2D eigenvalue weighted by Crippen LogP contribution is 2.33. The van der Waals surface area contributed by atoms with Crippen molar-refractivity contribution in [1.29, 1.82) is 0 Å². The van der Waals surface area contributed by atoms with Crippen molar-refractivity contribution in [2.24, 2.45) is 5.73 Å². The first kappa shape index (κ1) is 29.3. The molecule has 1 aliphatic heterocycles. The van der Waals surface area contributed by atoms with E-state index in [9.17, 15) is 14.4 Å². The van der Waals surface area contributed by atoms with E-state index >= 15 is 0 Å². The Morgan fingerprint density at radius 3 is 2.52 bits per heavy atom. The van der Waals surface area contributed by atoms with Gasteiger partial charge in [0.1, 0.15) is 5.75 Å². The summed E-state index contributed by atoms with van der Waals surface area (Å²) in [6.45, 7) is 1.12. The number of anilines is 2. The van der Waals surface area contributed by atoms with Crippen molar-refractivity contribution in [2.45, 2.75) is 57.5 Å². The highest BCUT2D eigenvalue weighted by molar-refractivity contribution is 6.05. The third-order valence-corrected chi connectivity index (χ3v) is 8.07. The molecule has 1 fully saturated rings. The normalized spacial score (nSPS) is 14.0. The zero-order valence-corrected chi connectivity index (χ0v) is 24.7. The maximum absolute atomic E-state index is 13.5. The topological polar surface area (TPSA) is 127 Å². The molecule has 226 valence electrons. The third kappa shape index (κ3) is 7.06. The molecule has 1 aromatic heterocycles. The number of unbranched alkanes of at least 4 members (excludes halogenated alkanes) is 3. The van der Waals surface area contributed by atoms with E-state index in [1.165, 1.54) is 0 Å². The Hall–Kier alpha value is -4.76. The molecule has 3 amide bonds. The number of aromatic nitrogens is 1. The number of fused-ring (bicyclic) bond motifs is 2. The van der Waals surface area contributed by atoms with Crippen LogP contribution in [-0.2, 0) is 17.8 Å². The van der Waals surface area contributed by atoms with E-state index in [2.05, 4.69) is 22.8 Å². The fourth-order valence-electron chi connectivity index (χ4n) is 5.48. The summed E-state index contributed by atoms with van der Waals surface area (Å²) in [5.41, 5.74) is 10.8. The van der Waals surface area contributed by atoms with Gasteiger partial charge in [-0.05, 0) is 98.8 Å². The molecular weight excluding hydrogens is 554 g/mol. The fourth-order valence-corrected chi connectivity index (χ4v) is 5.48. The number of hydrogen-bond donors (Lipinski definition) is 3. The van der Waals surface area contributed by atoms with Gasteiger partial charge in [0, 0.05) is 40.5 Å². The first-order valence-electron chi connectivity index (χ1n) is 15.3. The summed E-state index contributed by atoms with van der Waals surface area (Å²) in [6, 6.07) is 22.5. The number of pyridine rings is 1. The Balaban J connectivity index is 1.07. The molecule has 3 aromatic carbocycles. The van der Waals surface area contributed by atoms with Crippen LogP contribution >= 0.6 is 0 Å². The number of hydrogen-bond acceptors (Lipinski definition) is 6. The van der Waals surface area contributed by atoms with Gasteiger partial charge in [-0.25, -0.2) is 0 Å². The fraction of sp³-hybridized carbons (Fsp3) is 0.314. The zero-order chi connectivity index (χ0) is 30.5. The molecule has 0 radical (unpaired) electrons. The van der Waals surface area contributed by atoms with E-state index < -0.39 is 0 Å². The van der Waals surface area contributed by atoms with Crippen molar-refractivity contribution >= 4 is 40.0 Å². The molecule has 4 N–H and O–H groups in total. The summed E-state index contributed by atoms with van der Waals surface area (Å²) in [6.07, 6.45) is 7.36. The summed E-state index contributed by atoms with van der Waals surface area (Å²) in [7, 11) is 0. The van der Waals surface area contributed by atoms with Gasteiger partial charge in [0.25, 0.3) is 17.7 Å². The molecule has 1 aliphatic carbocycles. The van der Waals surface area contributed by atoms with Crippen molar-refractivity contribution in [3.8, 4) is 5.75 Å². The molecule has 9 nitrogen and oxygen atoms in total. The van der Waals surface area contributed by atoms with Gasteiger partial charge in [-0.2, -0.15) is 0 Å². The number of amides is 3. The van der Waals surface area contributed by atoms with Crippen LogP contribution in [0.3, 0.4) is 0 Å². The van der Waals surface area contributed by atoms with E-state index in [0.29, 0.717) is 34.8 Å². The molecule has 2 heterocycles. The lowest BCUT2D eigenvalue weighted by atomic mass is 10.1. The minimum atomic E-state index is -0.211. The van der Waals surface area contributed by atoms with Crippen molar-refractivity contribution in [2.75, 3.05) is 23.8 Å². The molecule has 0 unspecified atom stereocenters. The molecule has 4 aromatic rings. The van der Waals surface area contributed by atoms with Crippen LogP contribution in [0.5, 0.6) is 5.75 Å². The molecule has 44 heavy (non-hydrogen) atoms. The predicted octanol–water partition coefficient (Wildman–Crippen LogP) is 5.68. The first-order chi connectivity index (χ1) is 21.5. The second kappa shape index (κ2) is 13.3. The molecule has 0 spiro atoms. The molecule has 6 rings (SSSR count). The van der Waals surface area contributed by atoms with Gasteiger partial charge in [-0.3, -0.25) is 19.4 Å². The predicted molar refractivity (Wildman–Crippen MR) is 171 cm³/mol. The van der Waals surface area contributed by atoms with Crippen molar-refractivity contribution in [3.05, 3.63) is 95.2 Å². The average Bonchev–Trinajstić information content (AvgIpc) is 3.89. The summed E-state index contributed by atoms with van der Waals surface area (Å²) in [4.78, 5) is 44.7. The van der Waals surface area contributed by atoms with E-state index in [0.717, 1.165) is 73.7 Å². The van der Waals surface area contributed by atoms with Gasteiger partial charge in [0.15, 0.2) is 6.61 Å². The van der Waals surface area contributed by atoms with Gasteiger partial charge in [-0.15, -0.1) is 0 Å². The second-order valence-electron chi connectivity index (χ2n) is 11.5. The molecule has 0 atom stereocenters. The van der Waals surface area contributed by atoms with Crippen LogP contribution in [0.4, 0.5) is 11.4 Å². The monoisotopic (exact) mass is 591 g/mol. The van der Waals surface area contributed by atoms with Crippen LogP contribution in [0.25, 0.3) is 10.9 Å². The summed E-state index contributed by atoms with van der Waals surface area (Å²) >= 11 is 0. The number of carbonyl (C=O) groups is 3. The number of benzene rings is 3. The summed E-state index contributed by atoms with van der Waals surface area (Å²) < 4.78 is 5.50. The summed E-state index contributed by atoms with van der Waals surface area (Å²) in [5.74, 6) is 0.00304. The van der Waals surface area contributed by atoms with Gasteiger partial charge in [0.2, 0.25) is 0 Å². The van der Waals surface area contributed by atoms with Crippen LogP contribution in [0.1, 0.15) is 70.5 Å². The molecule has 0 bridgehead atoms. The van der Waals surface area contributed by atoms with Crippen molar-refractivity contribution < 1.29 is 19.1 Å². The number of nitrogens with one attached hydrogen (secondary N) is 2. The number of ether oxygens (including phenoxy) is 1. The van der Waals surface area contributed by atoms with Crippen LogP contribution in [0.2, 0.25) is 0 Å². The van der Waals surface area contributed by atoms with Gasteiger partial charge < -0.3 is 26.0 Å². The second-order valence-corrected chi connectivity index (χ2v) is 11.5. The van der Waals surface area contributed by atoms with E-state index in [1.54, 1.807) is 30.3 Å². The zero-order valence-electron chi connectivity index (χ0n) is 24.7.